The lowest BCUT2D eigenvalue weighted by molar-refractivity contribution is -0.117. The number of aliphatic hydroxyl groups is 1. The van der Waals surface area contributed by atoms with Crippen molar-refractivity contribution in [2.24, 2.45) is 0 Å². The van der Waals surface area contributed by atoms with Crippen molar-refractivity contribution in [1.82, 2.24) is 5.32 Å². The molecule has 2 N–H and O–H groups in total. The van der Waals surface area contributed by atoms with Crippen LogP contribution >= 0.6 is 0 Å². The number of ether oxygens (including phenoxy) is 1. The van der Waals surface area contributed by atoms with E-state index in [0.717, 1.165) is 0 Å². The number of halogens is 2. The molecule has 0 radical (unpaired) electrons. The summed E-state index contributed by atoms with van der Waals surface area (Å²) in [5.41, 5.74) is 1.28. The third kappa shape index (κ3) is 4.94. The average Bonchev–Trinajstić information content (AvgIpc) is 2.72. The molecule has 2 aromatic rings. The summed E-state index contributed by atoms with van der Waals surface area (Å²) in [7, 11) is 0. The number of rotatable bonds is 6. The minimum absolute atomic E-state index is 0.287. The van der Waals surface area contributed by atoms with Gasteiger partial charge in [-0.1, -0.05) is 24.3 Å². The Morgan fingerprint density at radius 1 is 1.18 bits per heavy atom. The highest BCUT2D eigenvalue weighted by Gasteiger charge is 2.19. The summed E-state index contributed by atoms with van der Waals surface area (Å²) in [4.78, 5) is 14.1. The van der Waals surface area contributed by atoms with Crippen LogP contribution in [0.4, 0.5) is 14.5 Å². The lowest BCUT2D eigenvalue weighted by Crippen LogP contribution is -2.37. The number of carbonyl (C=O) groups is 1. The van der Waals surface area contributed by atoms with Gasteiger partial charge in [0, 0.05) is 24.7 Å². The summed E-state index contributed by atoms with van der Waals surface area (Å²) < 4.78 is 33.2. The maximum absolute atomic E-state index is 14.3. The normalized spacial score (nSPS) is 15.6. The third-order valence-electron chi connectivity index (χ3n) is 4.54. The predicted octanol–water partition coefficient (Wildman–Crippen LogP) is 2.66. The largest absolute Gasteiger partial charge is 0.394 e. The van der Waals surface area contributed by atoms with E-state index in [1.165, 1.54) is 30.4 Å². The van der Waals surface area contributed by atoms with Gasteiger partial charge >= 0.3 is 0 Å². The Balaban J connectivity index is 1.72. The molecule has 1 atom stereocenters. The van der Waals surface area contributed by atoms with E-state index >= 15 is 0 Å². The molecule has 0 spiro atoms. The molecule has 28 heavy (non-hydrogen) atoms. The molecule has 1 saturated heterocycles. The SMILES string of the molecule is O=C(/C=C/c1ccccc1F)N[C@@H](CO)c1ccc(F)c(N2CCOCC2)c1. The number of morpholine rings is 1. The number of hydrogen-bond acceptors (Lipinski definition) is 4. The molecule has 0 aromatic heterocycles. The van der Waals surface area contributed by atoms with E-state index in [-0.39, 0.29) is 18.0 Å². The first-order valence-electron chi connectivity index (χ1n) is 9.04. The standard InChI is InChI=1S/C21H22F2N2O3/c22-17-4-2-1-3-15(17)6-8-21(27)24-19(14-26)16-5-7-18(23)20(13-16)25-9-11-28-12-10-25/h1-8,13,19,26H,9-12,14H2,(H,24,27)/b8-6+/t19-/m0/s1. The van der Waals surface area contributed by atoms with E-state index in [2.05, 4.69) is 5.32 Å². The Bertz CT molecular complexity index is 851. The number of anilines is 1. The van der Waals surface area contributed by atoms with Crippen molar-refractivity contribution in [2.75, 3.05) is 37.8 Å². The minimum Gasteiger partial charge on any atom is -0.394 e. The summed E-state index contributed by atoms with van der Waals surface area (Å²) in [5.74, 6) is -1.29. The smallest absolute Gasteiger partial charge is 0.244 e. The fourth-order valence-electron chi connectivity index (χ4n) is 3.02. The Morgan fingerprint density at radius 2 is 1.93 bits per heavy atom. The molecule has 0 aliphatic carbocycles. The number of amides is 1. The molecule has 7 heteroatoms. The number of benzene rings is 2. The van der Waals surface area contributed by atoms with E-state index in [0.29, 0.717) is 37.6 Å². The van der Waals surface area contributed by atoms with Gasteiger partial charge in [-0.3, -0.25) is 4.79 Å². The number of hydrogen-bond donors (Lipinski definition) is 2. The van der Waals surface area contributed by atoms with Crippen molar-refractivity contribution < 1.29 is 23.4 Å². The molecular weight excluding hydrogens is 366 g/mol. The van der Waals surface area contributed by atoms with Crippen molar-refractivity contribution in [3.63, 3.8) is 0 Å². The van der Waals surface area contributed by atoms with Crippen molar-refractivity contribution in [2.45, 2.75) is 6.04 Å². The van der Waals surface area contributed by atoms with Crippen LogP contribution in [-0.4, -0.2) is 43.9 Å². The Kier molecular flexibility index (Phi) is 6.73. The molecule has 1 fully saturated rings. The zero-order chi connectivity index (χ0) is 19.9. The topological polar surface area (TPSA) is 61.8 Å². The Labute approximate surface area is 162 Å². The molecule has 3 rings (SSSR count). The molecule has 1 aliphatic heterocycles. The van der Waals surface area contributed by atoms with Crippen LogP contribution in [0.3, 0.4) is 0 Å². The van der Waals surface area contributed by atoms with Crippen LogP contribution in [0.1, 0.15) is 17.2 Å². The monoisotopic (exact) mass is 388 g/mol. The second-order valence-corrected chi connectivity index (χ2v) is 6.41. The Hall–Kier alpha value is -2.77. The van der Waals surface area contributed by atoms with Gasteiger partial charge in [0.1, 0.15) is 11.6 Å². The molecule has 0 saturated carbocycles. The van der Waals surface area contributed by atoms with Crippen LogP contribution in [0, 0.1) is 11.6 Å². The average molecular weight is 388 g/mol. The van der Waals surface area contributed by atoms with Crippen LogP contribution in [0.15, 0.2) is 48.5 Å². The fraction of sp³-hybridized carbons (Fsp3) is 0.286. The summed E-state index contributed by atoms with van der Waals surface area (Å²) in [5, 5.41) is 12.4. The molecular formula is C21H22F2N2O3. The molecule has 1 amide bonds. The second-order valence-electron chi connectivity index (χ2n) is 6.41. The molecule has 0 unspecified atom stereocenters. The molecule has 0 bridgehead atoms. The highest BCUT2D eigenvalue weighted by Crippen LogP contribution is 2.25. The van der Waals surface area contributed by atoms with Gasteiger partial charge in [0.25, 0.3) is 0 Å². The first-order valence-corrected chi connectivity index (χ1v) is 9.04. The minimum atomic E-state index is -0.710. The number of carbonyl (C=O) groups excluding carboxylic acids is 1. The van der Waals surface area contributed by atoms with Gasteiger partial charge < -0.3 is 20.1 Å². The molecule has 1 heterocycles. The third-order valence-corrected chi connectivity index (χ3v) is 4.54. The van der Waals surface area contributed by atoms with Gasteiger partial charge in [0.2, 0.25) is 5.91 Å². The number of aliphatic hydroxyl groups excluding tert-OH is 1. The second kappa shape index (κ2) is 9.43. The van der Waals surface area contributed by atoms with Crippen LogP contribution < -0.4 is 10.2 Å². The van der Waals surface area contributed by atoms with E-state index in [1.54, 1.807) is 24.3 Å². The van der Waals surface area contributed by atoms with Crippen molar-refractivity contribution in [1.29, 1.82) is 0 Å². The Morgan fingerprint density at radius 3 is 2.64 bits per heavy atom. The lowest BCUT2D eigenvalue weighted by Gasteiger charge is -2.30. The van der Waals surface area contributed by atoms with E-state index in [9.17, 15) is 18.7 Å². The van der Waals surface area contributed by atoms with E-state index < -0.39 is 17.8 Å². The molecule has 2 aromatic carbocycles. The van der Waals surface area contributed by atoms with Gasteiger partial charge in [-0.25, -0.2) is 8.78 Å². The van der Waals surface area contributed by atoms with Gasteiger partial charge in [0.05, 0.1) is 31.5 Å². The first kappa shape index (κ1) is 20.0. The zero-order valence-electron chi connectivity index (χ0n) is 15.3. The molecule has 148 valence electrons. The van der Waals surface area contributed by atoms with Crippen LogP contribution in [0.25, 0.3) is 6.08 Å². The van der Waals surface area contributed by atoms with Crippen molar-refractivity contribution >= 4 is 17.7 Å². The van der Waals surface area contributed by atoms with Gasteiger partial charge in [0.15, 0.2) is 0 Å². The van der Waals surface area contributed by atoms with Crippen LogP contribution in [0.5, 0.6) is 0 Å². The maximum atomic E-state index is 14.3. The predicted molar refractivity (Wildman–Crippen MR) is 103 cm³/mol. The molecule has 1 aliphatic rings. The number of nitrogens with zero attached hydrogens (tertiary/aromatic N) is 1. The van der Waals surface area contributed by atoms with Crippen LogP contribution in [0.2, 0.25) is 0 Å². The highest BCUT2D eigenvalue weighted by atomic mass is 19.1. The van der Waals surface area contributed by atoms with Crippen molar-refractivity contribution in [3.05, 3.63) is 71.3 Å². The first-order chi connectivity index (χ1) is 13.6. The van der Waals surface area contributed by atoms with E-state index in [1.807, 2.05) is 4.90 Å². The van der Waals surface area contributed by atoms with E-state index in [4.69, 9.17) is 4.74 Å². The van der Waals surface area contributed by atoms with Gasteiger partial charge in [-0.05, 0) is 29.8 Å². The summed E-state index contributed by atoms with van der Waals surface area (Å²) in [6.07, 6.45) is 2.57. The summed E-state index contributed by atoms with van der Waals surface area (Å²) in [6, 6.07) is 9.86. The maximum Gasteiger partial charge on any atom is 0.244 e. The summed E-state index contributed by atoms with van der Waals surface area (Å²) >= 11 is 0. The lowest BCUT2D eigenvalue weighted by atomic mass is 10.1. The quantitative estimate of drug-likeness (QED) is 0.747. The van der Waals surface area contributed by atoms with Gasteiger partial charge in [-0.15, -0.1) is 0 Å². The van der Waals surface area contributed by atoms with Gasteiger partial charge in [-0.2, -0.15) is 0 Å². The highest BCUT2D eigenvalue weighted by molar-refractivity contribution is 5.92. The van der Waals surface area contributed by atoms with Crippen LogP contribution in [-0.2, 0) is 9.53 Å². The molecule has 5 nitrogen and oxygen atoms in total. The summed E-state index contributed by atoms with van der Waals surface area (Å²) in [6.45, 7) is 1.83. The van der Waals surface area contributed by atoms with Crippen molar-refractivity contribution in [3.8, 4) is 0 Å². The fourth-order valence-corrected chi connectivity index (χ4v) is 3.02. The zero-order valence-corrected chi connectivity index (χ0v) is 15.3. The number of nitrogens with one attached hydrogen (secondary N) is 1.